The molecule has 2 N–H and O–H groups in total. The number of benzene rings is 5. The summed E-state index contributed by atoms with van der Waals surface area (Å²) in [5, 5.41) is 0.681. The van der Waals surface area contributed by atoms with Crippen LogP contribution < -0.4 is 34.2 Å². The van der Waals surface area contributed by atoms with Crippen LogP contribution in [-0.4, -0.2) is 149 Å². The van der Waals surface area contributed by atoms with Gasteiger partial charge >= 0.3 is 0 Å². The number of hydrogen-bond donors (Lipinski definition) is 2. The zero-order chi connectivity index (χ0) is 61.4. The fraction of sp³-hybridized carbons (Fsp3) is 0.431. The summed E-state index contributed by atoms with van der Waals surface area (Å²) in [7, 11) is 1.24. The highest BCUT2D eigenvalue weighted by Crippen LogP contribution is 2.43. The summed E-state index contributed by atoms with van der Waals surface area (Å²) in [4.78, 5) is 72.9. The first kappa shape index (κ1) is 63.1. The van der Waals surface area contributed by atoms with E-state index in [9.17, 15) is 36.9 Å². The SMILES string of the molecule is COCCOCCOCCN(CC(C)(C)SSCCC(C(=O)NCCN1C(=O)C=CC1=O)S(=O)(=O)O)c1cc(COc2cc3c(cc2C)C(=O)N2c4ccccc4C[C@H]2CC3)cc(COc2cc3c(cc2OC)C(=O)N2c4ccccc4C[C@H]2CC3)c1. The molecule has 462 valence electrons. The molecule has 0 saturated heterocycles. The Kier molecular flexibility index (Phi) is 20.4. The molecule has 0 aromatic heterocycles. The topological polar surface area (TPSA) is 220 Å². The van der Waals surface area contributed by atoms with Crippen molar-refractivity contribution in [3.8, 4) is 17.2 Å². The second-order valence-corrected chi connectivity index (χ2v) is 27.7. The number of amides is 5. The third kappa shape index (κ3) is 15.0. The van der Waals surface area contributed by atoms with Crippen molar-refractivity contribution in [2.45, 2.75) is 101 Å². The van der Waals surface area contributed by atoms with Gasteiger partial charge in [-0.1, -0.05) is 58.0 Å². The van der Waals surface area contributed by atoms with Crippen LogP contribution in [-0.2, 0) is 77.6 Å². The van der Waals surface area contributed by atoms with Crippen molar-refractivity contribution in [2.24, 2.45) is 0 Å². The van der Waals surface area contributed by atoms with Crippen LogP contribution >= 0.6 is 21.6 Å². The van der Waals surface area contributed by atoms with Crippen LogP contribution in [0.1, 0.15) is 92.8 Å². The van der Waals surface area contributed by atoms with Gasteiger partial charge in [-0.3, -0.25) is 33.4 Å². The third-order valence-corrected chi connectivity index (χ3v) is 20.8. The first-order valence-corrected chi connectivity index (χ1v) is 33.2. The molecule has 5 aliphatic heterocycles. The number of methoxy groups -OCH3 is 2. The summed E-state index contributed by atoms with van der Waals surface area (Å²) in [6, 6.07) is 30.3. The maximum atomic E-state index is 14.4. The minimum Gasteiger partial charge on any atom is -0.493 e. The zero-order valence-corrected chi connectivity index (χ0v) is 52.2. The lowest BCUT2D eigenvalue weighted by Gasteiger charge is -2.34. The molecule has 19 nitrogen and oxygen atoms in total. The number of para-hydroxylation sites is 2. The molecule has 5 aliphatic rings. The number of hydrogen-bond acceptors (Lipinski definition) is 16. The number of carbonyl (C=O) groups excluding carboxylic acids is 5. The summed E-state index contributed by atoms with van der Waals surface area (Å²) in [5.41, 5.74) is 10.7. The number of ether oxygens (including phenoxy) is 6. The predicted octanol–water partition coefficient (Wildman–Crippen LogP) is 8.53. The van der Waals surface area contributed by atoms with Gasteiger partial charge < -0.3 is 48.4 Å². The van der Waals surface area contributed by atoms with Gasteiger partial charge in [0.2, 0.25) is 5.91 Å². The van der Waals surface area contributed by atoms with E-state index in [0.29, 0.717) is 80.9 Å². The number of nitrogens with zero attached hydrogens (tertiary/aromatic N) is 4. The van der Waals surface area contributed by atoms with Crippen LogP contribution in [0, 0.1) is 6.92 Å². The molecule has 5 aromatic rings. The number of fused-ring (bicyclic) bond motifs is 8. The van der Waals surface area contributed by atoms with E-state index in [1.807, 2.05) is 71.3 Å². The molecule has 0 bridgehead atoms. The van der Waals surface area contributed by atoms with Crippen LogP contribution in [0.5, 0.6) is 17.2 Å². The van der Waals surface area contributed by atoms with Crippen molar-refractivity contribution in [1.29, 1.82) is 0 Å². The minimum absolute atomic E-state index is 0.00275. The summed E-state index contributed by atoms with van der Waals surface area (Å²) in [6.07, 6.45) is 6.67. The van der Waals surface area contributed by atoms with E-state index in [1.165, 1.54) is 32.7 Å². The number of anilines is 3. The fourth-order valence-corrected chi connectivity index (χ4v) is 15.6. The van der Waals surface area contributed by atoms with Gasteiger partial charge in [0.25, 0.3) is 33.7 Å². The lowest BCUT2D eigenvalue weighted by atomic mass is 9.98. The van der Waals surface area contributed by atoms with Crippen LogP contribution in [0.3, 0.4) is 0 Å². The molecule has 5 amide bonds. The van der Waals surface area contributed by atoms with Crippen molar-refractivity contribution in [3.63, 3.8) is 0 Å². The van der Waals surface area contributed by atoms with Crippen LogP contribution in [0.25, 0.3) is 0 Å². The highest BCUT2D eigenvalue weighted by Gasteiger charge is 2.40. The molecular weight excluding hydrogens is 1170 g/mol. The molecule has 0 aliphatic carbocycles. The van der Waals surface area contributed by atoms with E-state index in [4.69, 9.17) is 28.4 Å². The summed E-state index contributed by atoms with van der Waals surface area (Å²) < 4.78 is 71.1. The van der Waals surface area contributed by atoms with Gasteiger partial charge in [-0.15, -0.1) is 0 Å². The molecule has 5 aromatic carbocycles. The largest absolute Gasteiger partial charge is 0.493 e. The Morgan fingerprint density at radius 2 is 1.29 bits per heavy atom. The predicted molar refractivity (Wildman–Crippen MR) is 336 cm³/mol. The smallest absolute Gasteiger partial charge is 0.276 e. The molecule has 0 radical (unpaired) electrons. The molecule has 0 saturated carbocycles. The average Bonchev–Trinajstić information content (AvgIpc) is 1.88. The Hall–Kier alpha value is -6.92. The van der Waals surface area contributed by atoms with Gasteiger partial charge in [0.15, 0.2) is 16.7 Å². The summed E-state index contributed by atoms with van der Waals surface area (Å²) >= 11 is 0. The Morgan fingerprint density at radius 3 is 1.89 bits per heavy atom. The van der Waals surface area contributed by atoms with E-state index < -0.39 is 37.8 Å². The summed E-state index contributed by atoms with van der Waals surface area (Å²) in [5.74, 6) is -0.272. The average molecular weight is 1250 g/mol. The van der Waals surface area contributed by atoms with E-state index in [1.54, 1.807) is 20.3 Å². The molecule has 5 heterocycles. The van der Waals surface area contributed by atoms with Gasteiger partial charge in [-0.05, 0) is 159 Å². The molecule has 10 rings (SSSR count). The van der Waals surface area contributed by atoms with Crippen molar-refractivity contribution in [2.75, 3.05) is 93.9 Å². The number of carbonyl (C=O) groups is 5. The molecular formula is C65H75N5O14S3. The van der Waals surface area contributed by atoms with Crippen LogP contribution in [0.2, 0.25) is 0 Å². The van der Waals surface area contributed by atoms with Crippen LogP contribution in [0.15, 0.2) is 103 Å². The van der Waals surface area contributed by atoms with Crippen molar-refractivity contribution in [3.05, 3.63) is 153 Å². The lowest BCUT2D eigenvalue weighted by Crippen LogP contribution is -2.44. The standard InChI is InChI=1S/C65H75N5O14S3/c1-42-30-52-45(14-16-49-34-47-10-6-8-12-54(47)69(49)63(52)74)36-56(42)83-39-43-31-44(40-84-58-37-46-15-17-50-35-48-11-7-9-13-55(48)70(50)64(75)53(46)38-57(58)80-5)33-51(32-43)67(23-24-81-27-28-82-26-25-79-4)41-65(2,3)86-85-29-20-59(87(76,77)78)62(73)66-21-22-68-60(71)18-19-61(68)72/h6-13,18-19,30-33,36-38,49-50,59H,14-17,20-29,34-35,39-41H2,1-5H3,(H,66,73)(H,76,77,78)/t49-,50-,59?/m1/s1. The first-order valence-electron chi connectivity index (χ1n) is 29.4. The number of imide groups is 1. The fourth-order valence-electron chi connectivity index (χ4n) is 12.1. The molecule has 0 fully saturated rings. The Morgan fingerprint density at radius 1 is 0.724 bits per heavy atom. The normalized spacial score (nSPS) is 17.2. The second-order valence-electron chi connectivity index (χ2n) is 23.0. The maximum absolute atomic E-state index is 14.4. The van der Waals surface area contributed by atoms with E-state index in [2.05, 4.69) is 54.4 Å². The van der Waals surface area contributed by atoms with Crippen molar-refractivity contribution >= 4 is 78.3 Å². The number of nitrogens with one attached hydrogen (secondary N) is 1. The third-order valence-electron chi connectivity index (χ3n) is 16.3. The minimum atomic E-state index is -4.82. The van der Waals surface area contributed by atoms with Gasteiger partial charge in [-0.25, -0.2) is 0 Å². The zero-order valence-electron chi connectivity index (χ0n) is 49.8. The highest BCUT2D eigenvalue weighted by atomic mass is 33.1. The maximum Gasteiger partial charge on any atom is 0.276 e. The van der Waals surface area contributed by atoms with Gasteiger partial charge in [0, 0.05) is 96.2 Å². The number of aryl methyl sites for hydroxylation is 3. The van der Waals surface area contributed by atoms with E-state index >= 15 is 0 Å². The van der Waals surface area contributed by atoms with E-state index in [0.717, 1.165) is 94.0 Å². The molecule has 22 heteroatoms. The quantitative estimate of drug-likeness (QED) is 0.0198. The monoisotopic (exact) mass is 1250 g/mol. The molecule has 1 unspecified atom stereocenters. The van der Waals surface area contributed by atoms with Crippen molar-refractivity contribution < 1.29 is 65.4 Å². The highest BCUT2D eigenvalue weighted by molar-refractivity contribution is 8.77. The van der Waals surface area contributed by atoms with Gasteiger partial charge in [-0.2, -0.15) is 8.42 Å². The Balaban J connectivity index is 0.896. The first-order chi connectivity index (χ1) is 41.9. The Bertz CT molecular complexity index is 3520. The Labute approximate surface area is 516 Å². The molecule has 0 spiro atoms. The molecule has 87 heavy (non-hydrogen) atoms. The van der Waals surface area contributed by atoms with Crippen LogP contribution in [0.4, 0.5) is 17.1 Å². The number of rotatable bonds is 29. The van der Waals surface area contributed by atoms with E-state index in [-0.39, 0.29) is 62.4 Å². The molecule has 3 atom stereocenters. The van der Waals surface area contributed by atoms with Gasteiger partial charge in [0.1, 0.15) is 19.0 Å². The van der Waals surface area contributed by atoms with Crippen molar-refractivity contribution in [1.82, 2.24) is 10.2 Å². The lowest BCUT2D eigenvalue weighted by molar-refractivity contribution is -0.137. The second kappa shape index (κ2) is 28.1. The van der Waals surface area contributed by atoms with Gasteiger partial charge in [0.05, 0.1) is 40.1 Å². The summed E-state index contributed by atoms with van der Waals surface area (Å²) in [6.45, 7) is 8.92.